The molecule has 0 unspecified atom stereocenters. The molecule has 0 spiro atoms. The minimum absolute atomic E-state index is 0.0325. The number of ether oxygens (including phenoxy) is 4. The summed E-state index contributed by atoms with van der Waals surface area (Å²) in [5.41, 5.74) is -0.831. The summed E-state index contributed by atoms with van der Waals surface area (Å²) in [5.74, 6) is -3.34. The van der Waals surface area contributed by atoms with Crippen LogP contribution in [0.1, 0.15) is 31.9 Å². The largest absolute Gasteiger partial charge is 0.490 e. The number of anilines is 1. The Kier molecular flexibility index (Phi) is 7.37. The molecule has 2 aromatic carbocycles. The van der Waals surface area contributed by atoms with E-state index in [4.69, 9.17) is 18.9 Å². The molecule has 1 heterocycles. The first kappa shape index (κ1) is 25.6. The molecule has 1 saturated heterocycles. The fourth-order valence-electron chi connectivity index (χ4n) is 3.06. The van der Waals surface area contributed by atoms with E-state index < -0.39 is 42.0 Å². The van der Waals surface area contributed by atoms with E-state index in [9.17, 15) is 27.6 Å². The summed E-state index contributed by atoms with van der Waals surface area (Å²) in [5, 5.41) is 2.34. The molecule has 1 aliphatic heterocycles. The number of hydrogen-bond acceptors (Lipinski definition) is 7. The Hall–Kier alpha value is -4.02. The highest BCUT2D eigenvalue weighted by Crippen LogP contribution is 2.32. The lowest BCUT2D eigenvalue weighted by Gasteiger charge is -2.29. The van der Waals surface area contributed by atoms with Gasteiger partial charge in [0.2, 0.25) is 0 Å². The van der Waals surface area contributed by atoms with Crippen LogP contribution in [0.5, 0.6) is 11.5 Å². The van der Waals surface area contributed by atoms with Crippen LogP contribution in [0.15, 0.2) is 48.0 Å². The van der Waals surface area contributed by atoms with Gasteiger partial charge in [-0.15, -0.1) is 0 Å². The number of carbonyl (C=O) groups is 3. The van der Waals surface area contributed by atoms with Crippen molar-refractivity contribution in [3.05, 3.63) is 59.2 Å². The van der Waals surface area contributed by atoms with Gasteiger partial charge in [0.25, 0.3) is 11.7 Å². The van der Waals surface area contributed by atoms with Crippen LogP contribution < -0.4 is 14.8 Å². The van der Waals surface area contributed by atoms with Crippen LogP contribution in [-0.2, 0) is 30.0 Å². The van der Waals surface area contributed by atoms with Crippen molar-refractivity contribution in [2.75, 3.05) is 18.5 Å². The third kappa shape index (κ3) is 6.75. The predicted octanol–water partition coefficient (Wildman–Crippen LogP) is 4.34. The molecule has 0 aliphatic carbocycles. The maximum Gasteiger partial charge on any atom is 0.416 e. The van der Waals surface area contributed by atoms with Crippen molar-refractivity contribution >= 4 is 29.6 Å². The Bertz CT molecular complexity index is 1150. The van der Waals surface area contributed by atoms with Gasteiger partial charge in [-0.2, -0.15) is 13.2 Å². The van der Waals surface area contributed by atoms with E-state index in [1.807, 2.05) is 0 Å². The Morgan fingerprint density at radius 2 is 1.71 bits per heavy atom. The number of benzene rings is 2. The maximum absolute atomic E-state index is 12.8. The van der Waals surface area contributed by atoms with Gasteiger partial charge in [-0.1, -0.05) is 12.1 Å². The van der Waals surface area contributed by atoms with Crippen molar-refractivity contribution in [2.45, 2.75) is 32.7 Å². The van der Waals surface area contributed by atoms with Gasteiger partial charge in [0.1, 0.15) is 5.57 Å². The Morgan fingerprint density at radius 1 is 1.03 bits per heavy atom. The lowest BCUT2D eigenvalue weighted by atomic mass is 10.1. The fourth-order valence-corrected chi connectivity index (χ4v) is 3.06. The fraction of sp³-hybridized carbons (Fsp3) is 0.292. The van der Waals surface area contributed by atoms with Crippen molar-refractivity contribution in [1.29, 1.82) is 0 Å². The van der Waals surface area contributed by atoms with Gasteiger partial charge >= 0.3 is 18.1 Å². The molecule has 1 N–H and O–H groups in total. The molecule has 0 aromatic heterocycles. The second-order valence-electron chi connectivity index (χ2n) is 7.79. The van der Waals surface area contributed by atoms with Gasteiger partial charge < -0.3 is 24.3 Å². The van der Waals surface area contributed by atoms with E-state index in [1.165, 1.54) is 50.3 Å². The first-order valence-electron chi connectivity index (χ1n) is 10.4. The molecule has 0 atom stereocenters. The summed E-state index contributed by atoms with van der Waals surface area (Å²) in [4.78, 5) is 36.5. The third-order valence-corrected chi connectivity index (χ3v) is 4.53. The first-order chi connectivity index (χ1) is 16.4. The summed E-state index contributed by atoms with van der Waals surface area (Å²) < 4.78 is 59.6. The molecule has 0 bridgehead atoms. The zero-order valence-corrected chi connectivity index (χ0v) is 19.0. The van der Waals surface area contributed by atoms with Gasteiger partial charge in [-0.25, -0.2) is 9.59 Å². The molecule has 0 saturated carbocycles. The highest BCUT2D eigenvalue weighted by molar-refractivity contribution is 6.18. The molecular weight excluding hydrogens is 471 g/mol. The van der Waals surface area contributed by atoms with Gasteiger partial charge in [0.15, 0.2) is 18.1 Å². The van der Waals surface area contributed by atoms with E-state index in [-0.39, 0.29) is 29.4 Å². The number of nitrogens with one attached hydrogen (secondary N) is 1. The molecule has 3 rings (SSSR count). The Morgan fingerprint density at radius 3 is 2.34 bits per heavy atom. The number of carbonyl (C=O) groups excluding carboxylic acids is 3. The normalized spacial score (nSPS) is 15.1. The minimum Gasteiger partial charge on any atom is -0.490 e. The molecule has 186 valence electrons. The second-order valence-corrected chi connectivity index (χ2v) is 7.79. The standard InChI is InChI=1S/C24H22F3NO7/c1-4-32-19-11-14(10-17-21(30)34-23(2,3)35-22(17)31)8-9-18(19)33-13-20(29)28-16-7-5-6-15(12-16)24(25,26)27/h5-12H,4,13H2,1-3H3,(H,28,29). The lowest BCUT2D eigenvalue weighted by Crippen LogP contribution is -2.41. The molecular formula is C24H22F3NO7. The van der Waals surface area contributed by atoms with E-state index in [0.29, 0.717) is 5.56 Å². The number of rotatable bonds is 7. The summed E-state index contributed by atoms with van der Waals surface area (Å²) in [6.07, 6.45) is -3.27. The number of esters is 2. The smallest absolute Gasteiger partial charge is 0.416 e. The number of cyclic esters (lactones) is 2. The number of amides is 1. The van der Waals surface area contributed by atoms with Crippen LogP contribution in [0.4, 0.5) is 18.9 Å². The summed E-state index contributed by atoms with van der Waals surface area (Å²) >= 11 is 0. The zero-order chi connectivity index (χ0) is 25.8. The molecule has 11 heteroatoms. The zero-order valence-electron chi connectivity index (χ0n) is 19.0. The molecule has 2 aromatic rings. The number of halogens is 3. The maximum atomic E-state index is 12.8. The third-order valence-electron chi connectivity index (χ3n) is 4.53. The summed E-state index contributed by atoms with van der Waals surface area (Å²) in [6.45, 7) is 4.31. The Balaban J connectivity index is 1.71. The topological polar surface area (TPSA) is 100 Å². The molecule has 1 fully saturated rings. The van der Waals surface area contributed by atoms with Crippen LogP contribution in [0, 0.1) is 0 Å². The monoisotopic (exact) mass is 493 g/mol. The van der Waals surface area contributed by atoms with Gasteiger partial charge in [0, 0.05) is 19.5 Å². The Labute approximate surface area is 198 Å². The van der Waals surface area contributed by atoms with Crippen LogP contribution in [-0.4, -0.2) is 36.8 Å². The van der Waals surface area contributed by atoms with E-state index >= 15 is 0 Å². The van der Waals surface area contributed by atoms with Gasteiger partial charge in [0.05, 0.1) is 12.2 Å². The molecule has 35 heavy (non-hydrogen) atoms. The van der Waals surface area contributed by atoms with Crippen LogP contribution in [0.3, 0.4) is 0 Å². The van der Waals surface area contributed by atoms with Gasteiger partial charge in [-0.3, -0.25) is 4.79 Å². The first-order valence-corrected chi connectivity index (χ1v) is 10.4. The highest BCUT2D eigenvalue weighted by Gasteiger charge is 2.38. The summed E-state index contributed by atoms with van der Waals surface area (Å²) in [6, 6.07) is 8.66. The van der Waals surface area contributed by atoms with Crippen molar-refractivity contribution in [3.8, 4) is 11.5 Å². The average molecular weight is 493 g/mol. The average Bonchev–Trinajstić information content (AvgIpc) is 2.75. The van der Waals surface area contributed by atoms with Crippen molar-refractivity contribution in [1.82, 2.24) is 0 Å². The molecule has 1 aliphatic rings. The SMILES string of the molecule is CCOc1cc(C=C2C(=O)OC(C)(C)OC2=O)ccc1OCC(=O)Nc1cccc(C(F)(F)F)c1. The summed E-state index contributed by atoms with van der Waals surface area (Å²) in [7, 11) is 0. The minimum atomic E-state index is -4.54. The van der Waals surface area contributed by atoms with Crippen molar-refractivity contribution in [2.24, 2.45) is 0 Å². The highest BCUT2D eigenvalue weighted by atomic mass is 19.4. The van der Waals surface area contributed by atoms with E-state index in [2.05, 4.69) is 5.32 Å². The molecule has 8 nitrogen and oxygen atoms in total. The quantitative estimate of drug-likeness (QED) is 0.348. The van der Waals surface area contributed by atoms with Gasteiger partial charge in [-0.05, 0) is 48.9 Å². The van der Waals surface area contributed by atoms with Crippen molar-refractivity contribution in [3.63, 3.8) is 0 Å². The van der Waals surface area contributed by atoms with Crippen molar-refractivity contribution < 1.29 is 46.5 Å². The second kappa shape index (κ2) is 10.1. The molecule has 1 amide bonds. The van der Waals surface area contributed by atoms with Crippen LogP contribution in [0.2, 0.25) is 0 Å². The number of hydrogen-bond donors (Lipinski definition) is 1. The van der Waals surface area contributed by atoms with Crippen LogP contribution in [0.25, 0.3) is 6.08 Å². The van der Waals surface area contributed by atoms with E-state index in [0.717, 1.165) is 12.1 Å². The van der Waals surface area contributed by atoms with E-state index in [1.54, 1.807) is 6.92 Å². The number of alkyl halides is 3. The predicted molar refractivity (Wildman–Crippen MR) is 117 cm³/mol. The van der Waals surface area contributed by atoms with Crippen LogP contribution >= 0.6 is 0 Å². The molecule has 0 radical (unpaired) electrons. The lowest BCUT2D eigenvalue weighted by molar-refractivity contribution is -0.222.